The van der Waals surface area contributed by atoms with Crippen molar-refractivity contribution in [2.24, 2.45) is 0 Å². The molecule has 4 heterocycles. The number of pyridine rings is 1. The van der Waals surface area contributed by atoms with Crippen molar-refractivity contribution in [1.29, 1.82) is 0 Å². The molecule has 216 valence electrons. The lowest BCUT2D eigenvalue weighted by Gasteiger charge is -2.33. The Bertz CT molecular complexity index is 1660. The van der Waals surface area contributed by atoms with E-state index in [1.807, 2.05) is 67.4 Å². The smallest absolute Gasteiger partial charge is 0.331 e. The molecule has 0 radical (unpaired) electrons. The Morgan fingerprint density at radius 3 is 2.74 bits per heavy atom. The first-order valence-electron chi connectivity index (χ1n) is 14.0. The molecule has 42 heavy (non-hydrogen) atoms. The Morgan fingerprint density at radius 1 is 1.12 bits per heavy atom. The fourth-order valence-electron chi connectivity index (χ4n) is 5.51. The molecule has 10 nitrogen and oxygen atoms in total. The minimum Gasteiger partial charge on any atom is -0.457 e. The van der Waals surface area contributed by atoms with E-state index in [0.29, 0.717) is 58.6 Å². The molecule has 11 heteroatoms. The first-order chi connectivity index (χ1) is 20.4. The number of nitrogens with zero attached hydrogens (tertiary/aromatic N) is 3. The van der Waals surface area contributed by atoms with Crippen molar-refractivity contribution >= 4 is 56.5 Å². The summed E-state index contributed by atoms with van der Waals surface area (Å²) in [5.74, 6) is 1.20. The van der Waals surface area contributed by atoms with Crippen molar-refractivity contribution in [2.75, 3.05) is 36.9 Å². The third-order valence-corrected chi connectivity index (χ3v) is 8.63. The van der Waals surface area contributed by atoms with Crippen molar-refractivity contribution in [1.82, 2.24) is 20.5 Å². The van der Waals surface area contributed by atoms with E-state index in [1.54, 1.807) is 17.2 Å². The molecule has 1 atom stereocenters. The average Bonchev–Trinajstić information content (AvgIpc) is 3.37. The molecule has 2 aliphatic rings. The predicted molar refractivity (Wildman–Crippen MR) is 164 cm³/mol. The quantitative estimate of drug-likeness (QED) is 0.255. The number of rotatable bonds is 8. The van der Waals surface area contributed by atoms with Crippen LogP contribution in [0.4, 0.5) is 21.9 Å². The molecule has 1 unspecified atom stereocenters. The highest BCUT2D eigenvalue weighted by molar-refractivity contribution is 7.21. The highest BCUT2D eigenvalue weighted by Crippen LogP contribution is 2.46. The van der Waals surface area contributed by atoms with Crippen molar-refractivity contribution < 1.29 is 19.1 Å². The van der Waals surface area contributed by atoms with Crippen LogP contribution in [0.15, 0.2) is 60.8 Å². The predicted octanol–water partition coefficient (Wildman–Crippen LogP) is 5.41. The summed E-state index contributed by atoms with van der Waals surface area (Å²) in [7, 11) is 1.82. The number of carbonyl (C=O) groups is 3. The molecular weight excluding hydrogens is 552 g/mol. The van der Waals surface area contributed by atoms with Gasteiger partial charge in [0.2, 0.25) is 5.91 Å². The fourth-order valence-corrected chi connectivity index (χ4v) is 6.54. The number of urea groups is 1. The minimum absolute atomic E-state index is 0.0800. The number of para-hydroxylation sites is 1. The Balaban J connectivity index is 1.25. The second-order valence-electron chi connectivity index (χ2n) is 10.5. The summed E-state index contributed by atoms with van der Waals surface area (Å²) >= 11 is 1.25. The number of aromatic nitrogens is 1. The average molecular weight is 585 g/mol. The van der Waals surface area contributed by atoms with Crippen molar-refractivity contribution in [2.45, 2.75) is 32.2 Å². The van der Waals surface area contributed by atoms with Crippen LogP contribution in [0.1, 0.15) is 34.5 Å². The molecule has 0 spiro atoms. The summed E-state index contributed by atoms with van der Waals surface area (Å²) in [6, 6.07) is 16.4. The molecule has 0 saturated carbocycles. The monoisotopic (exact) mass is 584 g/mol. The van der Waals surface area contributed by atoms with E-state index >= 15 is 0 Å². The molecule has 4 aromatic rings. The van der Waals surface area contributed by atoms with E-state index in [0.717, 1.165) is 29.5 Å². The molecule has 3 N–H and O–H groups in total. The lowest BCUT2D eigenvalue weighted by molar-refractivity contribution is -0.132. The van der Waals surface area contributed by atoms with E-state index in [4.69, 9.17) is 4.74 Å². The van der Waals surface area contributed by atoms with Gasteiger partial charge in [-0.1, -0.05) is 18.2 Å². The minimum atomic E-state index is -0.360. The van der Waals surface area contributed by atoms with Crippen molar-refractivity contribution in [3.8, 4) is 11.5 Å². The first kappa shape index (κ1) is 27.7. The largest absolute Gasteiger partial charge is 0.457 e. The van der Waals surface area contributed by atoms with E-state index in [9.17, 15) is 14.4 Å². The molecule has 6 rings (SSSR count). The molecule has 0 aliphatic carbocycles. The third-order valence-electron chi connectivity index (χ3n) is 7.54. The van der Waals surface area contributed by atoms with Gasteiger partial charge in [-0.05, 0) is 68.8 Å². The van der Waals surface area contributed by atoms with E-state index < -0.39 is 0 Å². The van der Waals surface area contributed by atoms with Gasteiger partial charge in [-0.3, -0.25) is 14.5 Å². The van der Waals surface area contributed by atoms with Gasteiger partial charge < -0.3 is 25.6 Å². The Kier molecular flexibility index (Phi) is 7.77. The molecule has 2 aromatic carbocycles. The summed E-state index contributed by atoms with van der Waals surface area (Å²) in [5, 5.41) is 9.80. The van der Waals surface area contributed by atoms with Crippen LogP contribution < -0.4 is 25.6 Å². The van der Waals surface area contributed by atoms with Crippen LogP contribution in [-0.2, 0) is 4.79 Å². The van der Waals surface area contributed by atoms with Crippen LogP contribution >= 0.6 is 11.3 Å². The number of ether oxygens (including phenoxy) is 1. The first-order valence-corrected chi connectivity index (χ1v) is 14.8. The molecule has 2 aliphatic heterocycles. The van der Waals surface area contributed by atoms with Crippen molar-refractivity contribution in [3.05, 3.63) is 71.2 Å². The van der Waals surface area contributed by atoms with Gasteiger partial charge in [-0.15, -0.1) is 11.3 Å². The summed E-state index contributed by atoms with van der Waals surface area (Å²) in [4.78, 5) is 48.7. The highest BCUT2D eigenvalue weighted by atomic mass is 32.1. The molecular formula is C31H32N6O4S. The van der Waals surface area contributed by atoms with Gasteiger partial charge in [0.1, 0.15) is 21.2 Å². The zero-order valence-corrected chi connectivity index (χ0v) is 24.3. The maximum Gasteiger partial charge on any atom is 0.331 e. The number of likely N-dealkylation sites (tertiary alicyclic amines) is 1. The van der Waals surface area contributed by atoms with E-state index in [1.165, 1.54) is 11.3 Å². The van der Waals surface area contributed by atoms with Gasteiger partial charge in [0.05, 0.1) is 22.4 Å². The summed E-state index contributed by atoms with van der Waals surface area (Å²) < 4.78 is 5.97. The van der Waals surface area contributed by atoms with Crippen LogP contribution in [-0.4, -0.2) is 60.5 Å². The van der Waals surface area contributed by atoms with Gasteiger partial charge >= 0.3 is 6.03 Å². The summed E-state index contributed by atoms with van der Waals surface area (Å²) in [5.41, 5.74) is 2.68. The number of hydrogen-bond donors (Lipinski definition) is 3. The zero-order chi connectivity index (χ0) is 29.2. The Labute approximate surface area is 247 Å². The summed E-state index contributed by atoms with van der Waals surface area (Å²) in [6.45, 7) is 3.72. The number of piperidine rings is 1. The molecule has 0 bridgehead atoms. The molecule has 2 aromatic heterocycles. The van der Waals surface area contributed by atoms with Crippen LogP contribution in [0.2, 0.25) is 0 Å². The maximum atomic E-state index is 13.6. The Hall–Kier alpha value is -4.48. The second-order valence-corrected chi connectivity index (χ2v) is 11.5. The summed E-state index contributed by atoms with van der Waals surface area (Å²) in [6.07, 6.45) is 3.69. The third kappa shape index (κ3) is 5.40. The standard InChI is InChI=1S/C31H32N6O4S/c1-19-17-22(41-21-8-4-3-5-9-21)10-11-23(19)37-24-12-15-33-30-26(24)27(35-31(37)40)28(42-30)29(39)34-20-7-6-16-36(18-20)25(38)13-14-32-2/h3-5,8-12,15,17,20,32H,6-7,13-14,16,18H2,1-2H3,(H,34,39)(H,35,40). The van der Waals surface area contributed by atoms with Crippen LogP contribution in [0, 0.1) is 6.92 Å². The van der Waals surface area contributed by atoms with Crippen LogP contribution in [0.3, 0.4) is 0 Å². The molecule has 4 amide bonds. The highest BCUT2D eigenvalue weighted by Gasteiger charge is 2.34. The number of carbonyl (C=O) groups excluding carboxylic acids is 3. The SMILES string of the molecule is CNCCC(=O)N1CCCC(NC(=O)c2sc3nccc4c3c2NC(=O)N4c2ccc(Oc3ccccc3)cc2C)C1. The number of benzene rings is 2. The fraction of sp³-hybridized carbons (Fsp3) is 0.290. The van der Waals surface area contributed by atoms with Crippen LogP contribution in [0.5, 0.6) is 11.5 Å². The lowest BCUT2D eigenvalue weighted by atomic mass is 10.0. The molecule has 1 saturated heterocycles. The van der Waals surface area contributed by atoms with E-state index in [2.05, 4.69) is 20.9 Å². The normalized spacial score (nSPS) is 16.3. The zero-order valence-electron chi connectivity index (χ0n) is 23.5. The number of hydrogen-bond acceptors (Lipinski definition) is 7. The number of nitrogens with one attached hydrogen (secondary N) is 3. The Morgan fingerprint density at radius 2 is 1.95 bits per heavy atom. The second kappa shape index (κ2) is 11.8. The van der Waals surface area contributed by atoms with Gasteiger partial charge in [-0.25, -0.2) is 9.78 Å². The maximum absolute atomic E-state index is 13.6. The number of thiophene rings is 1. The van der Waals surface area contributed by atoms with Gasteiger partial charge in [0, 0.05) is 38.3 Å². The topological polar surface area (TPSA) is 116 Å². The lowest BCUT2D eigenvalue weighted by Crippen LogP contribution is -2.50. The van der Waals surface area contributed by atoms with Crippen molar-refractivity contribution in [3.63, 3.8) is 0 Å². The molecule has 1 fully saturated rings. The number of anilines is 3. The van der Waals surface area contributed by atoms with Gasteiger partial charge in [-0.2, -0.15) is 0 Å². The van der Waals surface area contributed by atoms with E-state index in [-0.39, 0.29) is 23.9 Å². The van der Waals surface area contributed by atoms with Gasteiger partial charge in [0.15, 0.2) is 0 Å². The van der Waals surface area contributed by atoms with Crippen LogP contribution in [0.25, 0.3) is 10.2 Å². The number of amides is 4. The number of aryl methyl sites for hydroxylation is 1. The van der Waals surface area contributed by atoms with Gasteiger partial charge in [0.25, 0.3) is 5.91 Å².